The predicted octanol–water partition coefficient (Wildman–Crippen LogP) is 2.66. The van der Waals surface area contributed by atoms with Gasteiger partial charge in [-0.2, -0.15) is 0 Å². The summed E-state index contributed by atoms with van der Waals surface area (Å²) in [5.41, 5.74) is 0.832. The lowest BCUT2D eigenvalue weighted by Crippen LogP contribution is -2.53. The number of ether oxygens (including phenoxy) is 2. The molecule has 33 heavy (non-hydrogen) atoms. The summed E-state index contributed by atoms with van der Waals surface area (Å²) in [6.45, 7) is 3.42. The van der Waals surface area contributed by atoms with Crippen LogP contribution in [0.25, 0.3) is 6.08 Å². The number of methoxy groups -OCH3 is 1. The third kappa shape index (κ3) is 5.80. The summed E-state index contributed by atoms with van der Waals surface area (Å²) in [6, 6.07) is 10.0. The highest BCUT2D eigenvalue weighted by molar-refractivity contribution is 7.80. The molecule has 1 fully saturated rings. The number of nitrogens with zero attached hydrogens (tertiary/aromatic N) is 1. The first-order valence-corrected chi connectivity index (χ1v) is 10.1. The Hall–Kier alpha value is -4.05. The van der Waals surface area contributed by atoms with Gasteiger partial charge in [0.2, 0.25) is 0 Å². The Morgan fingerprint density at radius 1 is 1.21 bits per heavy atom. The van der Waals surface area contributed by atoms with Gasteiger partial charge in [0, 0.05) is 12.2 Å². The number of halogens is 1. The Labute approximate surface area is 194 Å². The number of rotatable bonds is 8. The average molecular weight is 469 g/mol. The number of carbonyl (C=O) groups excluding carboxylic acids is 3. The van der Waals surface area contributed by atoms with E-state index in [9.17, 15) is 18.8 Å². The van der Waals surface area contributed by atoms with E-state index < -0.39 is 23.5 Å². The van der Waals surface area contributed by atoms with Crippen LogP contribution in [0.1, 0.15) is 5.56 Å². The van der Waals surface area contributed by atoms with Crippen molar-refractivity contribution in [2.24, 2.45) is 0 Å². The Morgan fingerprint density at radius 3 is 2.61 bits per heavy atom. The summed E-state index contributed by atoms with van der Waals surface area (Å²) in [7, 11) is 1.42. The highest BCUT2D eigenvalue weighted by Gasteiger charge is 2.32. The van der Waals surface area contributed by atoms with Gasteiger partial charge in [-0.15, -0.1) is 6.58 Å². The molecule has 1 saturated heterocycles. The Morgan fingerprint density at radius 2 is 1.94 bits per heavy atom. The van der Waals surface area contributed by atoms with E-state index in [0.717, 1.165) is 0 Å². The molecule has 170 valence electrons. The molecule has 3 rings (SSSR count). The summed E-state index contributed by atoms with van der Waals surface area (Å²) >= 11 is 5.03. The molecule has 0 spiro atoms. The summed E-state index contributed by atoms with van der Waals surface area (Å²) in [5.74, 6) is -1.43. The second kappa shape index (κ2) is 10.5. The van der Waals surface area contributed by atoms with E-state index in [0.29, 0.717) is 17.0 Å². The van der Waals surface area contributed by atoms with E-state index in [2.05, 4.69) is 17.2 Å². The molecule has 0 saturated carbocycles. The summed E-state index contributed by atoms with van der Waals surface area (Å²) in [5, 5.41) is 5.07. The maximum absolute atomic E-state index is 13.0. The van der Waals surface area contributed by atoms with E-state index >= 15 is 0 Å². The van der Waals surface area contributed by atoms with Crippen LogP contribution in [-0.4, -0.2) is 48.0 Å². The van der Waals surface area contributed by atoms with Gasteiger partial charge in [0.25, 0.3) is 17.7 Å². The van der Waals surface area contributed by atoms with Crippen LogP contribution in [0.4, 0.5) is 10.1 Å². The zero-order valence-electron chi connectivity index (χ0n) is 17.6. The predicted molar refractivity (Wildman–Crippen MR) is 124 cm³/mol. The maximum Gasteiger partial charge on any atom is 0.265 e. The molecule has 8 nitrogen and oxygen atoms in total. The van der Waals surface area contributed by atoms with Crippen LogP contribution in [0.2, 0.25) is 0 Å². The molecule has 1 aliphatic rings. The lowest BCUT2D eigenvalue weighted by molar-refractivity contribution is -0.128. The summed E-state index contributed by atoms with van der Waals surface area (Å²) in [6.07, 6.45) is 2.91. The van der Waals surface area contributed by atoms with Gasteiger partial charge in [-0.05, 0) is 60.3 Å². The first kappa shape index (κ1) is 23.6. The summed E-state index contributed by atoms with van der Waals surface area (Å²) < 4.78 is 23.8. The molecular weight excluding hydrogens is 449 g/mol. The van der Waals surface area contributed by atoms with Gasteiger partial charge >= 0.3 is 0 Å². The molecule has 0 radical (unpaired) electrons. The van der Waals surface area contributed by atoms with E-state index in [1.54, 1.807) is 18.2 Å². The molecule has 2 aromatic carbocycles. The molecule has 2 aromatic rings. The third-order valence-electron chi connectivity index (χ3n) is 4.48. The second-order valence-corrected chi connectivity index (χ2v) is 7.16. The minimum absolute atomic E-state index is 0.0160. The zero-order valence-corrected chi connectivity index (χ0v) is 18.4. The van der Waals surface area contributed by atoms with Gasteiger partial charge in [-0.1, -0.05) is 12.1 Å². The standard InChI is InChI=1S/C23H20FN3O5S/c1-3-10-27-22(30)17(21(29)26-23(27)33)11-14-4-9-18(19(12-14)31-2)32-13-20(28)25-16-7-5-15(24)6-8-16/h3-9,11-12H,1,10,13H2,2H3,(H,25,28)(H,26,29,33)/b17-11+. The van der Waals surface area contributed by atoms with Crippen molar-refractivity contribution in [3.05, 3.63) is 72.1 Å². The lowest BCUT2D eigenvalue weighted by atomic mass is 10.1. The molecule has 1 aliphatic heterocycles. The van der Waals surface area contributed by atoms with Crippen molar-refractivity contribution in [1.29, 1.82) is 0 Å². The van der Waals surface area contributed by atoms with Gasteiger partial charge in [0.1, 0.15) is 11.4 Å². The highest BCUT2D eigenvalue weighted by Crippen LogP contribution is 2.29. The van der Waals surface area contributed by atoms with Crippen molar-refractivity contribution >= 4 is 46.8 Å². The molecule has 2 N–H and O–H groups in total. The quantitative estimate of drug-likeness (QED) is 0.267. The first-order chi connectivity index (χ1) is 15.8. The number of carbonyl (C=O) groups is 3. The number of amides is 3. The van der Waals surface area contributed by atoms with Gasteiger partial charge < -0.3 is 14.8 Å². The molecule has 0 aliphatic carbocycles. The molecule has 0 aromatic heterocycles. The minimum Gasteiger partial charge on any atom is -0.493 e. The third-order valence-corrected chi connectivity index (χ3v) is 4.81. The van der Waals surface area contributed by atoms with Crippen molar-refractivity contribution in [3.8, 4) is 11.5 Å². The number of nitrogens with one attached hydrogen (secondary N) is 2. The van der Waals surface area contributed by atoms with Crippen molar-refractivity contribution in [1.82, 2.24) is 10.2 Å². The fraction of sp³-hybridized carbons (Fsp3) is 0.130. The number of hydrogen-bond donors (Lipinski definition) is 2. The minimum atomic E-state index is -0.609. The fourth-order valence-corrected chi connectivity index (χ4v) is 3.17. The van der Waals surface area contributed by atoms with Gasteiger partial charge in [-0.25, -0.2) is 4.39 Å². The molecule has 3 amide bonds. The number of thiocarbonyl (C=S) groups is 1. The van der Waals surface area contributed by atoms with Gasteiger partial charge in [0.15, 0.2) is 23.2 Å². The van der Waals surface area contributed by atoms with Crippen LogP contribution in [0.5, 0.6) is 11.5 Å². The van der Waals surface area contributed by atoms with Crippen molar-refractivity contribution in [3.63, 3.8) is 0 Å². The fourth-order valence-electron chi connectivity index (χ4n) is 2.92. The largest absolute Gasteiger partial charge is 0.493 e. The van der Waals surface area contributed by atoms with Crippen molar-refractivity contribution in [2.45, 2.75) is 0 Å². The molecular formula is C23H20FN3O5S. The van der Waals surface area contributed by atoms with Crippen LogP contribution >= 0.6 is 12.2 Å². The van der Waals surface area contributed by atoms with E-state index in [4.69, 9.17) is 21.7 Å². The van der Waals surface area contributed by atoms with Crippen LogP contribution in [0, 0.1) is 5.82 Å². The average Bonchev–Trinajstić information content (AvgIpc) is 2.80. The van der Waals surface area contributed by atoms with Crippen LogP contribution in [-0.2, 0) is 14.4 Å². The van der Waals surface area contributed by atoms with Gasteiger partial charge in [0.05, 0.1) is 7.11 Å². The molecule has 0 unspecified atom stereocenters. The number of hydrogen-bond acceptors (Lipinski definition) is 6. The topological polar surface area (TPSA) is 97.0 Å². The molecule has 10 heteroatoms. The molecule has 1 heterocycles. The van der Waals surface area contributed by atoms with E-state index in [-0.39, 0.29) is 29.6 Å². The SMILES string of the molecule is C=CCN1C(=O)/C(=C/c2ccc(OCC(=O)Nc3ccc(F)cc3)c(OC)c2)C(=O)NC1=S. The molecule has 0 bridgehead atoms. The van der Waals surface area contributed by atoms with Crippen LogP contribution in [0.3, 0.4) is 0 Å². The second-order valence-electron chi connectivity index (χ2n) is 6.78. The molecule has 0 atom stereocenters. The smallest absolute Gasteiger partial charge is 0.265 e. The van der Waals surface area contributed by atoms with Crippen molar-refractivity contribution < 1.29 is 28.2 Å². The van der Waals surface area contributed by atoms with Crippen LogP contribution in [0.15, 0.2) is 60.7 Å². The van der Waals surface area contributed by atoms with Gasteiger partial charge in [-0.3, -0.25) is 24.6 Å². The van der Waals surface area contributed by atoms with E-state index in [1.165, 1.54) is 48.4 Å². The first-order valence-electron chi connectivity index (χ1n) is 9.68. The Bertz CT molecular complexity index is 1150. The maximum atomic E-state index is 13.0. The lowest BCUT2D eigenvalue weighted by Gasteiger charge is -2.27. The number of benzene rings is 2. The number of anilines is 1. The van der Waals surface area contributed by atoms with Crippen molar-refractivity contribution in [2.75, 3.05) is 25.6 Å². The highest BCUT2D eigenvalue weighted by atomic mass is 32.1. The summed E-state index contributed by atoms with van der Waals surface area (Å²) in [4.78, 5) is 38.2. The van der Waals surface area contributed by atoms with E-state index in [1.807, 2.05) is 0 Å². The Kier molecular flexibility index (Phi) is 7.52. The van der Waals surface area contributed by atoms with Crippen LogP contribution < -0.4 is 20.1 Å². The Balaban J connectivity index is 1.72. The monoisotopic (exact) mass is 469 g/mol. The zero-order chi connectivity index (χ0) is 24.0. The normalized spacial score (nSPS) is 14.7.